The Morgan fingerprint density at radius 2 is 1.89 bits per heavy atom. The lowest BCUT2D eigenvalue weighted by Crippen LogP contribution is -2.56. The minimum atomic E-state index is -0.520. The number of benzene rings is 1. The summed E-state index contributed by atoms with van der Waals surface area (Å²) in [5.74, 6) is -0.556. The molecule has 10 heteroatoms. The van der Waals surface area contributed by atoms with Crippen molar-refractivity contribution in [2.45, 2.75) is 95.0 Å². The average molecular weight is 525 g/mol. The Bertz CT molecular complexity index is 1080. The van der Waals surface area contributed by atoms with E-state index < -0.39 is 12.1 Å². The van der Waals surface area contributed by atoms with E-state index in [1.54, 1.807) is 6.07 Å². The van der Waals surface area contributed by atoms with Gasteiger partial charge in [0.15, 0.2) is 0 Å². The molecule has 4 rings (SSSR count). The summed E-state index contributed by atoms with van der Waals surface area (Å²) in [4.78, 5) is 52.6. The van der Waals surface area contributed by atoms with Crippen LogP contribution in [0.4, 0.5) is 5.69 Å². The highest BCUT2D eigenvalue weighted by atomic mass is 16.2. The van der Waals surface area contributed by atoms with E-state index in [9.17, 15) is 19.2 Å². The largest absolute Gasteiger partial charge is 0.376 e. The van der Waals surface area contributed by atoms with Gasteiger partial charge in [-0.15, -0.1) is 0 Å². The van der Waals surface area contributed by atoms with E-state index in [4.69, 9.17) is 0 Å². The molecule has 10 nitrogen and oxygen atoms in total. The maximum atomic E-state index is 13.6. The lowest BCUT2D eigenvalue weighted by atomic mass is 9.98. The summed E-state index contributed by atoms with van der Waals surface area (Å²) in [6.07, 6.45) is 5.93. The number of nitrogens with zero attached hydrogens (tertiary/aromatic N) is 1. The molecule has 3 aliphatic heterocycles. The number of hydrogen-bond acceptors (Lipinski definition) is 6. The van der Waals surface area contributed by atoms with Gasteiger partial charge >= 0.3 is 0 Å². The maximum Gasteiger partial charge on any atom is 0.246 e. The maximum absolute atomic E-state index is 13.6. The molecule has 0 aliphatic carbocycles. The van der Waals surface area contributed by atoms with Crippen molar-refractivity contribution < 1.29 is 19.2 Å². The van der Waals surface area contributed by atoms with Gasteiger partial charge in [0.05, 0.1) is 0 Å². The summed E-state index contributed by atoms with van der Waals surface area (Å²) in [7, 11) is 1.85. The first kappa shape index (κ1) is 27.6. The number of carbonyl (C=O) groups is 4. The van der Waals surface area contributed by atoms with Gasteiger partial charge in [-0.25, -0.2) is 0 Å². The highest BCUT2D eigenvalue weighted by Crippen LogP contribution is 2.31. The number of anilines is 1. The SMILES string of the molecule is C=C(N[C@H]1CCCC[C@H]2CC[C@@H](C(=O)NCc3cccc(NC(=O)[C@H]4CCC(=O)N4)c3)N2C1=O)[C@H](C)NC. The second-order valence-electron chi connectivity index (χ2n) is 10.6. The molecule has 0 bridgehead atoms. The molecule has 3 aliphatic rings. The third-order valence-electron chi connectivity index (χ3n) is 7.93. The van der Waals surface area contributed by atoms with E-state index in [0.717, 1.165) is 43.4 Å². The van der Waals surface area contributed by atoms with Gasteiger partial charge in [0, 0.05) is 36.4 Å². The molecule has 4 amide bonds. The van der Waals surface area contributed by atoms with Crippen molar-refractivity contribution >= 4 is 29.3 Å². The lowest BCUT2D eigenvalue weighted by molar-refractivity contribution is -0.142. The standard InChI is InChI=1S/C28H40N6O4/c1-17(29-3)18(2)31-23-10-5-4-9-21-11-13-24(34(21)28(23)38)27(37)30-16-19-7-6-8-20(15-19)32-26(36)22-12-14-25(35)33-22/h6-8,15,17,21-24,29,31H,2,4-5,9-14,16H2,1,3H3,(H,30,37)(H,32,36)(H,33,35)/t17-,21-,22+,23-,24-/m0/s1. The van der Waals surface area contributed by atoms with E-state index in [1.807, 2.05) is 37.1 Å². The molecule has 0 radical (unpaired) electrons. The number of likely N-dealkylation sites (N-methyl/N-ethyl adjacent to an activating group) is 1. The summed E-state index contributed by atoms with van der Waals surface area (Å²) >= 11 is 0. The molecule has 1 aromatic carbocycles. The summed E-state index contributed by atoms with van der Waals surface area (Å²) in [6, 6.07) is 5.96. The van der Waals surface area contributed by atoms with Gasteiger partial charge in [0.1, 0.15) is 18.1 Å². The molecule has 206 valence electrons. The molecule has 3 heterocycles. The predicted molar refractivity (Wildman–Crippen MR) is 145 cm³/mol. The van der Waals surface area contributed by atoms with Crippen LogP contribution in [0, 0.1) is 0 Å². The van der Waals surface area contributed by atoms with Gasteiger partial charge in [-0.1, -0.05) is 31.6 Å². The van der Waals surface area contributed by atoms with Crippen molar-refractivity contribution in [2.24, 2.45) is 0 Å². The van der Waals surface area contributed by atoms with E-state index >= 15 is 0 Å². The zero-order valence-corrected chi connectivity index (χ0v) is 22.3. The van der Waals surface area contributed by atoms with Crippen LogP contribution < -0.4 is 26.6 Å². The summed E-state index contributed by atoms with van der Waals surface area (Å²) in [6.45, 7) is 6.37. The highest BCUT2D eigenvalue weighted by Gasteiger charge is 2.43. The van der Waals surface area contributed by atoms with Crippen LogP contribution in [0.3, 0.4) is 0 Å². The topological polar surface area (TPSA) is 132 Å². The fraction of sp³-hybridized carbons (Fsp3) is 0.571. The van der Waals surface area contributed by atoms with E-state index in [-0.39, 0.29) is 48.3 Å². The Kier molecular flexibility index (Phi) is 9.04. The first-order valence-corrected chi connectivity index (χ1v) is 13.7. The lowest BCUT2D eigenvalue weighted by Gasteiger charge is -2.36. The second-order valence-corrected chi connectivity index (χ2v) is 10.6. The highest BCUT2D eigenvalue weighted by molar-refractivity contribution is 5.99. The van der Waals surface area contributed by atoms with Crippen molar-refractivity contribution in [1.82, 2.24) is 26.2 Å². The third kappa shape index (κ3) is 6.53. The van der Waals surface area contributed by atoms with Crippen LogP contribution in [0.25, 0.3) is 0 Å². The number of hydrogen-bond donors (Lipinski definition) is 5. The third-order valence-corrected chi connectivity index (χ3v) is 7.93. The van der Waals surface area contributed by atoms with E-state index in [1.165, 1.54) is 0 Å². The Morgan fingerprint density at radius 3 is 2.63 bits per heavy atom. The molecule has 3 saturated heterocycles. The number of rotatable bonds is 9. The van der Waals surface area contributed by atoms with Crippen LogP contribution >= 0.6 is 0 Å². The van der Waals surface area contributed by atoms with Gasteiger partial charge < -0.3 is 31.5 Å². The average Bonchev–Trinajstić information content (AvgIpc) is 3.53. The minimum absolute atomic E-state index is 0.0270. The number of nitrogens with one attached hydrogen (secondary N) is 5. The molecular weight excluding hydrogens is 484 g/mol. The van der Waals surface area contributed by atoms with Crippen LogP contribution in [0.5, 0.6) is 0 Å². The van der Waals surface area contributed by atoms with Crippen LogP contribution in [0.15, 0.2) is 36.5 Å². The Balaban J connectivity index is 1.37. The predicted octanol–water partition coefficient (Wildman–Crippen LogP) is 1.53. The zero-order chi connectivity index (χ0) is 27.2. The van der Waals surface area contributed by atoms with Crippen LogP contribution in [-0.2, 0) is 25.7 Å². The summed E-state index contributed by atoms with van der Waals surface area (Å²) in [5.41, 5.74) is 2.20. The van der Waals surface area contributed by atoms with Crippen molar-refractivity contribution in [3.05, 3.63) is 42.1 Å². The molecule has 5 N–H and O–H groups in total. The van der Waals surface area contributed by atoms with Gasteiger partial charge in [0.2, 0.25) is 23.6 Å². The molecule has 1 aromatic rings. The van der Waals surface area contributed by atoms with Crippen molar-refractivity contribution in [2.75, 3.05) is 12.4 Å². The summed E-state index contributed by atoms with van der Waals surface area (Å²) < 4.78 is 0. The van der Waals surface area contributed by atoms with Crippen LogP contribution in [0.2, 0.25) is 0 Å². The van der Waals surface area contributed by atoms with Crippen molar-refractivity contribution in [3.63, 3.8) is 0 Å². The zero-order valence-electron chi connectivity index (χ0n) is 22.3. The van der Waals surface area contributed by atoms with Gasteiger partial charge in [-0.3, -0.25) is 19.2 Å². The molecule has 0 aromatic heterocycles. The Labute approximate surface area is 224 Å². The van der Waals surface area contributed by atoms with Crippen molar-refractivity contribution in [3.8, 4) is 0 Å². The Hall–Kier alpha value is -3.40. The summed E-state index contributed by atoms with van der Waals surface area (Å²) in [5, 5.41) is 15.0. The molecule has 38 heavy (non-hydrogen) atoms. The van der Waals surface area contributed by atoms with Crippen LogP contribution in [0.1, 0.15) is 63.9 Å². The molecule has 5 atom stereocenters. The molecule has 0 unspecified atom stereocenters. The minimum Gasteiger partial charge on any atom is -0.376 e. The van der Waals surface area contributed by atoms with E-state index in [0.29, 0.717) is 24.9 Å². The van der Waals surface area contributed by atoms with Crippen LogP contribution in [-0.4, -0.2) is 65.8 Å². The number of carbonyl (C=O) groups excluding carboxylic acids is 4. The van der Waals surface area contributed by atoms with E-state index in [2.05, 4.69) is 33.2 Å². The molecule has 0 spiro atoms. The normalized spacial score (nSPS) is 26.0. The molecule has 0 saturated carbocycles. The first-order valence-electron chi connectivity index (χ1n) is 13.7. The molecular formula is C28H40N6O4. The van der Waals surface area contributed by atoms with Crippen molar-refractivity contribution in [1.29, 1.82) is 0 Å². The molecule has 3 fully saturated rings. The van der Waals surface area contributed by atoms with Gasteiger partial charge in [0.25, 0.3) is 0 Å². The quantitative estimate of drug-likeness (QED) is 0.333. The fourth-order valence-corrected chi connectivity index (χ4v) is 5.55. The monoisotopic (exact) mass is 524 g/mol. The first-order chi connectivity index (χ1) is 18.3. The number of fused-ring (bicyclic) bond motifs is 1. The second kappa shape index (κ2) is 12.4. The number of amides is 4. The smallest absolute Gasteiger partial charge is 0.246 e. The van der Waals surface area contributed by atoms with Gasteiger partial charge in [-0.2, -0.15) is 0 Å². The fourth-order valence-electron chi connectivity index (χ4n) is 5.55. The van der Waals surface area contributed by atoms with Gasteiger partial charge in [-0.05, 0) is 63.8 Å². The Morgan fingerprint density at radius 1 is 1.11 bits per heavy atom.